The van der Waals surface area contributed by atoms with Gasteiger partial charge in [0.05, 0.1) is 5.56 Å². The molecule has 2 N–H and O–H groups in total. The number of hydrogen-bond acceptors (Lipinski definition) is 8. The number of thiophene rings is 1. The Bertz CT molecular complexity index is 989. The molecule has 2 aromatic rings. The van der Waals surface area contributed by atoms with Gasteiger partial charge in [0, 0.05) is 68.7 Å². The molecule has 2 aliphatic heterocycles. The number of amides is 1. The Kier molecular flexibility index (Phi) is 10.2. The van der Waals surface area contributed by atoms with Crippen molar-refractivity contribution in [3.05, 3.63) is 52.5 Å². The van der Waals surface area contributed by atoms with E-state index in [1.165, 1.54) is 4.88 Å². The predicted octanol–water partition coefficient (Wildman–Crippen LogP) is 2.24. The molecule has 188 valence electrons. The highest BCUT2D eigenvalue weighted by Crippen LogP contribution is 2.24. The van der Waals surface area contributed by atoms with Crippen molar-refractivity contribution in [3.63, 3.8) is 0 Å². The fourth-order valence-corrected chi connectivity index (χ4v) is 4.96. The average Bonchev–Trinajstić information content (AvgIpc) is 3.28. The van der Waals surface area contributed by atoms with Crippen LogP contribution in [0.1, 0.15) is 34.5 Å². The number of carboxylic acid groups (broad SMARTS) is 2. The van der Waals surface area contributed by atoms with Crippen molar-refractivity contribution in [1.29, 1.82) is 0 Å². The lowest BCUT2D eigenvalue weighted by Gasteiger charge is -2.34. The Morgan fingerprint density at radius 3 is 2.29 bits per heavy atom. The third kappa shape index (κ3) is 8.45. The first-order valence-corrected chi connectivity index (χ1v) is 12.6. The minimum atomic E-state index is -1.26. The van der Waals surface area contributed by atoms with E-state index in [1.54, 1.807) is 23.7 Å². The number of fused-ring (bicyclic) bond motifs is 1. The van der Waals surface area contributed by atoms with Crippen molar-refractivity contribution in [2.75, 3.05) is 50.7 Å². The zero-order valence-corrected chi connectivity index (χ0v) is 20.4. The lowest BCUT2D eigenvalue weighted by atomic mass is 10.2. The molecule has 0 saturated carbocycles. The minimum Gasteiger partial charge on any atom is -0.478 e. The molecule has 0 radical (unpaired) electrons. The average molecular weight is 502 g/mol. The molecule has 4 rings (SSSR count). The number of nitrogens with zero attached hydrogens (tertiary/aromatic N) is 5. The van der Waals surface area contributed by atoms with E-state index in [-0.39, 0.29) is 5.91 Å². The van der Waals surface area contributed by atoms with Gasteiger partial charge in [-0.2, -0.15) is 0 Å². The third-order valence-corrected chi connectivity index (χ3v) is 6.80. The molecule has 10 nitrogen and oxygen atoms in total. The second kappa shape index (κ2) is 13.5. The standard InChI is InChI=1S/C20H27N5OS.C4H4O4/c26-19-17-6-16-27-18(17)5-3-11-24(19)10-2-1-9-23-12-14-25(15-13-23)20-21-7-4-8-22-20;5-3(6)1-2-4(7)8/h4,6-8,16H,1-3,5,9-15H2;1-2H,(H,5,6)(H,7,8)/b;2-1+. The number of carbonyl (C=O) groups is 3. The van der Waals surface area contributed by atoms with Crippen molar-refractivity contribution in [2.45, 2.75) is 25.7 Å². The SMILES string of the molecule is O=C(O)/C=C/C(=O)O.O=C1c2ccsc2CCCN1CCCCN1CCN(c2ncccn2)CC1. The molecule has 0 atom stereocenters. The highest BCUT2D eigenvalue weighted by atomic mass is 32.1. The summed E-state index contributed by atoms with van der Waals surface area (Å²) in [7, 11) is 0. The number of anilines is 1. The highest BCUT2D eigenvalue weighted by Gasteiger charge is 2.23. The summed E-state index contributed by atoms with van der Waals surface area (Å²) in [5.41, 5.74) is 0.941. The first-order chi connectivity index (χ1) is 16.9. The summed E-state index contributed by atoms with van der Waals surface area (Å²) in [6.07, 6.45) is 9.07. The zero-order chi connectivity index (χ0) is 25.0. The number of aliphatic carboxylic acids is 2. The maximum absolute atomic E-state index is 12.7. The summed E-state index contributed by atoms with van der Waals surface area (Å²) in [6.45, 7) is 6.96. The molecule has 1 amide bonds. The number of aromatic nitrogens is 2. The van der Waals surface area contributed by atoms with Gasteiger partial charge in [0.25, 0.3) is 5.91 Å². The molecule has 2 aromatic heterocycles. The summed E-state index contributed by atoms with van der Waals surface area (Å²) in [5, 5.41) is 17.7. The number of aryl methyl sites for hydroxylation is 1. The van der Waals surface area contributed by atoms with Gasteiger partial charge in [-0.15, -0.1) is 11.3 Å². The summed E-state index contributed by atoms with van der Waals surface area (Å²) in [4.78, 5) is 48.6. The van der Waals surface area contributed by atoms with Gasteiger partial charge in [-0.05, 0) is 49.7 Å². The Hall–Kier alpha value is -3.31. The van der Waals surface area contributed by atoms with Crippen molar-refractivity contribution in [2.24, 2.45) is 0 Å². The first-order valence-electron chi connectivity index (χ1n) is 11.7. The van der Waals surface area contributed by atoms with Crippen LogP contribution < -0.4 is 4.90 Å². The number of carboxylic acids is 2. The van der Waals surface area contributed by atoms with E-state index in [9.17, 15) is 14.4 Å². The van der Waals surface area contributed by atoms with Gasteiger partial charge in [0.1, 0.15) is 0 Å². The lowest BCUT2D eigenvalue weighted by Crippen LogP contribution is -2.47. The number of rotatable bonds is 8. The maximum atomic E-state index is 12.7. The second-order valence-electron chi connectivity index (χ2n) is 8.25. The van der Waals surface area contributed by atoms with E-state index in [0.29, 0.717) is 12.2 Å². The zero-order valence-electron chi connectivity index (χ0n) is 19.6. The van der Waals surface area contributed by atoms with Crippen molar-refractivity contribution >= 4 is 35.1 Å². The van der Waals surface area contributed by atoms with E-state index in [4.69, 9.17) is 10.2 Å². The van der Waals surface area contributed by atoms with Crippen LogP contribution in [-0.2, 0) is 16.0 Å². The Morgan fingerprint density at radius 1 is 0.971 bits per heavy atom. The van der Waals surface area contributed by atoms with E-state index in [2.05, 4.69) is 24.7 Å². The number of unbranched alkanes of at least 4 members (excludes halogenated alkanes) is 1. The van der Waals surface area contributed by atoms with E-state index in [1.807, 2.05) is 17.5 Å². The molecular formula is C24H31N5O5S. The van der Waals surface area contributed by atoms with Crippen molar-refractivity contribution in [3.8, 4) is 0 Å². The molecule has 0 aliphatic carbocycles. The molecule has 4 heterocycles. The Labute approximate surface area is 208 Å². The van der Waals surface area contributed by atoms with Crippen molar-refractivity contribution < 1.29 is 24.6 Å². The molecule has 11 heteroatoms. The molecule has 0 unspecified atom stereocenters. The second-order valence-corrected chi connectivity index (χ2v) is 9.25. The topological polar surface area (TPSA) is 127 Å². The van der Waals surface area contributed by atoms with E-state index < -0.39 is 11.9 Å². The normalized spacial score (nSPS) is 16.4. The first kappa shape index (κ1) is 26.3. The number of piperazine rings is 1. The fourth-order valence-electron chi connectivity index (χ4n) is 4.05. The molecule has 0 bridgehead atoms. The molecule has 0 spiro atoms. The highest BCUT2D eigenvalue weighted by molar-refractivity contribution is 7.10. The summed E-state index contributed by atoms with van der Waals surface area (Å²) >= 11 is 1.72. The summed E-state index contributed by atoms with van der Waals surface area (Å²) in [6, 6.07) is 3.85. The van der Waals surface area contributed by atoms with Crippen LogP contribution in [-0.4, -0.2) is 93.6 Å². The Morgan fingerprint density at radius 2 is 1.63 bits per heavy atom. The third-order valence-electron chi connectivity index (χ3n) is 5.82. The molecule has 0 aromatic carbocycles. The van der Waals surface area contributed by atoms with Crippen LogP contribution in [0.15, 0.2) is 42.1 Å². The van der Waals surface area contributed by atoms with Crippen LogP contribution >= 0.6 is 11.3 Å². The largest absolute Gasteiger partial charge is 0.478 e. The number of carbonyl (C=O) groups excluding carboxylic acids is 1. The van der Waals surface area contributed by atoms with Gasteiger partial charge in [0.2, 0.25) is 5.95 Å². The summed E-state index contributed by atoms with van der Waals surface area (Å²) < 4.78 is 0. The molecular weight excluding hydrogens is 470 g/mol. The quantitative estimate of drug-likeness (QED) is 0.413. The van der Waals surface area contributed by atoms with Gasteiger partial charge in [-0.3, -0.25) is 9.69 Å². The van der Waals surface area contributed by atoms with Gasteiger partial charge >= 0.3 is 11.9 Å². The fraction of sp³-hybridized carbons (Fsp3) is 0.458. The van der Waals surface area contributed by atoms with Gasteiger partial charge in [-0.25, -0.2) is 19.6 Å². The van der Waals surface area contributed by atoms with Crippen LogP contribution in [0.4, 0.5) is 5.95 Å². The van der Waals surface area contributed by atoms with Crippen molar-refractivity contribution in [1.82, 2.24) is 19.8 Å². The lowest BCUT2D eigenvalue weighted by molar-refractivity contribution is -0.134. The van der Waals surface area contributed by atoms with Crippen LogP contribution in [0.2, 0.25) is 0 Å². The van der Waals surface area contributed by atoms with Crippen LogP contribution in [0.25, 0.3) is 0 Å². The molecule has 2 aliphatic rings. The predicted molar refractivity (Wildman–Crippen MR) is 133 cm³/mol. The van der Waals surface area contributed by atoms with Gasteiger partial charge < -0.3 is 20.0 Å². The number of hydrogen-bond donors (Lipinski definition) is 2. The minimum absolute atomic E-state index is 0.236. The van der Waals surface area contributed by atoms with E-state index in [0.717, 1.165) is 83.0 Å². The van der Waals surface area contributed by atoms with Gasteiger partial charge in [0.15, 0.2) is 0 Å². The van der Waals surface area contributed by atoms with E-state index >= 15 is 0 Å². The monoisotopic (exact) mass is 501 g/mol. The molecule has 35 heavy (non-hydrogen) atoms. The van der Waals surface area contributed by atoms with Gasteiger partial charge in [-0.1, -0.05) is 0 Å². The maximum Gasteiger partial charge on any atom is 0.328 e. The van der Waals surface area contributed by atoms with Crippen LogP contribution in [0.3, 0.4) is 0 Å². The summed E-state index contributed by atoms with van der Waals surface area (Å²) in [5.74, 6) is -1.44. The Balaban J connectivity index is 0.000000371. The smallest absolute Gasteiger partial charge is 0.328 e. The molecule has 1 fully saturated rings. The molecule has 1 saturated heterocycles. The van der Waals surface area contributed by atoms with Crippen LogP contribution in [0, 0.1) is 0 Å². The van der Waals surface area contributed by atoms with Crippen LogP contribution in [0.5, 0.6) is 0 Å².